The number of fused-ring (bicyclic) bond motifs is 5. The number of hydrogen-bond acceptors (Lipinski definition) is 2. The Morgan fingerprint density at radius 2 is 0.942 bits per heavy atom. The lowest BCUT2D eigenvalue weighted by atomic mass is 10.0. The van der Waals surface area contributed by atoms with Crippen molar-refractivity contribution in [3.05, 3.63) is 200 Å². The zero-order chi connectivity index (χ0) is 34.4. The van der Waals surface area contributed by atoms with Crippen LogP contribution in [0.15, 0.2) is 200 Å². The van der Waals surface area contributed by atoms with Gasteiger partial charge in [0.25, 0.3) is 0 Å². The first-order valence-electron chi connectivity index (χ1n) is 17.7. The van der Waals surface area contributed by atoms with Crippen LogP contribution in [0.3, 0.4) is 0 Å². The monoisotopic (exact) mass is 663 g/mol. The fraction of sp³-hybridized carbons (Fsp3) is 0. The number of rotatable bonds is 6. The first-order valence-corrected chi connectivity index (χ1v) is 17.7. The minimum Gasteiger partial charge on any atom is -0.310 e. The molecule has 0 atom stereocenters. The minimum absolute atomic E-state index is 0.917. The van der Waals surface area contributed by atoms with Crippen molar-refractivity contribution in [2.75, 3.05) is 4.90 Å². The van der Waals surface area contributed by atoms with Gasteiger partial charge < -0.3 is 4.90 Å². The van der Waals surface area contributed by atoms with Gasteiger partial charge in [-0.25, -0.2) is 4.98 Å². The zero-order valence-electron chi connectivity index (χ0n) is 28.4. The SMILES string of the molecule is c1ccc(-n2c(-c3ccc(N(c4ccc(-c5ccc6ccccc6c5)cc4)c4cccc5ccccc45)cc3)nc3ccc4ccccc4c32)cc1. The summed E-state index contributed by atoms with van der Waals surface area (Å²) in [7, 11) is 0. The van der Waals surface area contributed by atoms with E-state index in [-0.39, 0.29) is 0 Å². The molecule has 0 saturated heterocycles. The summed E-state index contributed by atoms with van der Waals surface area (Å²) in [5, 5.41) is 7.29. The second-order valence-electron chi connectivity index (χ2n) is 13.3. The van der Waals surface area contributed by atoms with E-state index < -0.39 is 0 Å². The molecule has 0 aliphatic carbocycles. The summed E-state index contributed by atoms with van der Waals surface area (Å²) >= 11 is 0. The van der Waals surface area contributed by atoms with Gasteiger partial charge in [0.1, 0.15) is 5.82 Å². The third-order valence-corrected chi connectivity index (χ3v) is 10.2. The quantitative estimate of drug-likeness (QED) is 0.177. The Kier molecular flexibility index (Phi) is 7.14. The smallest absolute Gasteiger partial charge is 0.145 e. The molecule has 0 saturated carbocycles. The fourth-order valence-electron chi connectivity index (χ4n) is 7.62. The molecule has 0 amide bonds. The third-order valence-electron chi connectivity index (χ3n) is 10.2. The van der Waals surface area contributed by atoms with Gasteiger partial charge in [0.05, 0.1) is 16.7 Å². The molecule has 0 unspecified atom stereocenters. The van der Waals surface area contributed by atoms with E-state index >= 15 is 0 Å². The highest BCUT2D eigenvalue weighted by molar-refractivity contribution is 6.06. The Bertz CT molecular complexity index is 2880. The number of benzene rings is 9. The topological polar surface area (TPSA) is 21.1 Å². The summed E-state index contributed by atoms with van der Waals surface area (Å²) in [5.74, 6) is 0.917. The fourth-order valence-corrected chi connectivity index (χ4v) is 7.62. The van der Waals surface area contributed by atoms with Crippen molar-refractivity contribution in [3.63, 3.8) is 0 Å². The molecule has 0 fully saturated rings. The van der Waals surface area contributed by atoms with E-state index in [1.807, 2.05) is 0 Å². The predicted octanol–water partition coefficient (Wildman–Crippen LogP) is 13.3. The van der Waals surface area contributed by atoms with E-state index in [1.165, 1.54) is 43.4 Å². The molecule has 0 aliphatic heterocycles. The third kappa shape index (κ3) is 5.10. The van der Waals surface area contributed by atoms with Gasteiger partial charge in [-0.2, -0.15) is 0 Å². The minimum atomic E-state index is 0.917. The van der Waals surface area contributed by atoms with Crippen LogP contribution in [0.1, 0.15) is 0 Å². The van der Waals surface area contributed by atoms with Crippen LogP contribution < -0.4 is 4.90 Å². The molecule has 1 aromatic heterocycles. The van der Waals surface area contributed by atoms with Crippen LogP contribution in [0.5, 0.6) is 0 Å². The Balaban J connectivity index is 1.11. The summed E-state index contributed by atoms with van der Waals surface area (Å²) in [6.07, 6.45) is 0. The van der Waals surface area contributed by atoms with Crippen LogP contribution in [0, 0.1) is 0 Å². The molecule has 10 aromatic rings. The number of anilines is 3. The van der Waals surface area contributed by atoms with E-state index in [0.717, 1.165) is 45.2 Å². The highest BCUT2D eigenvalue weighted by Gasteiger charge is 2.19. The van der Waals surface area contributed by atoms with Crippen LogP contribution in [0.2, 0.25) is 0 Å². The van der Waals surface area contributed by atoms with Crippen molar-refractivity contribution >= 4 is 60.4 Å². The van der Waals surface area contributed by atoms with Crippen LogP contribution >= 0.6 is 0 Å². The normalized spacial score (nSPS) is 11.5. The van der Waals surface area contributed by atoms with Crippen molar-refractivity contribution in [1.82, 2.24) is 9.55 Å². The standard InChI is InChI=1S/C49H33N3/c1-2-16-41(17-3-1)52-48-45-19-9-7-13-37(45)27-32-46(48)50-49(52)38-25-30-43(31-26-38)51(47-20-10-15-36-12-6-8-18-44(36)47)42-28-23-35(24-29-42)40-22-21-34-11-4-5-14-39(34)33-40/h1-33H. The molecule has 0 spiro atoms. The highest BCUT2D eigenvalue weighted by Crippen LogP contribution is 2.41. The van der Waals surface area contributed by atoms with E-state index in [0.29, 0.717) is 0 Å². The summed E-state index contributed by atoms with van der Waals surface area (Å²) in [6.45, 7) is 0. The zero-order valence-corrected chi connectivity index (χ0v) is 28.4. The average molecular weight is 664 g/mol. The number of para-hydroxylation sites is 1. The number of hydrogen-bond donors (Lipinski definition) is 0. The lowest BCUT2D eigenvalue weighted by molar-refractivity contribution is 1.11. The van der Waals surface area contributed by atoms with Gasteiger partial charge in [-0.1, -0.05) is 133 Å². The molecule has 0 radical (unpaired) electrons. The van der Waals surface area contributed by atoms with Crippen LogP contribution in [-0.2, 0) is 0 Å². The number of imidazole rings is 1. The Labute approximate surface area is 302 Å². The molecule has 3 heteroatoms. The molecule has 0 N–H and O–H groups in total. The summed E-state index contributed by atoms with van der Waals surface area (Å²) in [6, 6.07) is 71.6. The van der Waals surface area contributed by atoms with Crippen molar-refractivity contribution in [2.45, 2.75) is 0 Å². The van der Waals surface area contributed by atoms with E-state index in [1.54, 1.807) is 0 Å². The van der Waals surface area contributed by atoms with Gasteiger partial charge in [0.15, 0.2) is 0 Å². The van der Waals surface area contributed by atoms with E-state index in [4.69, 9.17) is 4.98 Å². The molecular weight excluding hydrogens is 631 g/mol. The van der Waals surface area contributed by atoms with E-state index in [2.05, 4.69) is 210 Å². The summed E-state index contributed by atoms with van der Waals surface area (Å²) in [4.78, 5) is 7.61. The second kappa shape index (κ2) is 12.4. The first kappa shape index (κ1) is 29.9. The average Bonchev–Trinajstić information content (AvgIpc) is 3.62. The van der Waals surface area contributed by atoms with Gasteiger partial charge in [-0.05, 0) is 99.4 Å². The maximum atomic E-state index is 5.25. The molecule has 244 valence electrons. The molecule has 9 aromatic carbocycles. The van der Waals surface area contributed by atoms with Crippen LogP contribution in [-0.4, -0.2) is 9.55 Å². The Hall–Kier alpha value is -6.97. The Morgan fingerprint density at radius 1 is 0.385 bits per heavy atom. The van der Waals surface area contributed by atoms with Gasteiger partial charge in [0.2, 0.25) is 0 Å². The molecular formula is C49H33N3. The number of aromatic nitrogens is 2. The van der Waals surface area contributed by atoms with Gasteiger partial charge in [0, 0.05) is 33.4 Å². The summed E-state index contributed by atoms with van der Waals surface area (Å²) in [5.41, 5.74) is 9.94. The molecule has 0 bridgehead atoms. The van der Waals surface area contributed by atoms with Crippen LogP contribution in [0.25, 0.3) is 71.6 Å². The molecule has 10 rings (SSSR count). The van der Waals surface area contributed by atoms with Crippen LogP contribution in [0.4, 0.5) is 17.1 Å². The largest absolute Gasteiger partial charge is 0.310 e. The van der Waals surface area contributed by atoms with Crippen molar-refractivity contribution < 1.29 is 0 Å². The first-order chi connectivity index (χ1) is 25.8. The lowest BCUT2D eigenvalue weighted by Gasteiger charge is -2.27. The predicted molar refractivity (Wildman–Crippen MR) is 219 cm³/mol. The Morgan fingerprint density at radius 3 is 1.69 bits per heavy atom. The number of nitrogens with zero attached hydrogens (tertiary/aromatic N) is 3. The van der Waals surface area contributed by atoms with Gasteiger partial charge in [-0.15, -0.1) is 0 Å². The maximum Gasteiger partial charge on any atom is 0.145 e. The highest BCUT2D eigenvalue weighted by atomic mass is 15.1. The molecule has 52 heavy (non-hydrogen) atoms. The van der Waals surface area contributed by atoms with Crippen molar-refractivity contribution in [1.29, 1.82) is 0 Å². The molecule has 0 aliphatic rings. The van der Waals surface area contributed by atoms with E-state index in [9.17, 15) is 0 Å². The van der Waals surface area contributed by atoms with Gasteiger partial charge >= 0.3 is 0 Å². The molecule has 1 heterocycles. The molecule has 3 nitrogen and oxygen atoms in total. The van der Waals surface area contributed by atoms with Gasteiger partial charge in [-0.3, -0.25) is 4.57 Å². The maximum absolute atomic E-state index is 5.25. The summed E-state index contributed by atoms with van der Waals surface area (Å²) < 4.78 is 2.31. The lowest BCUT2D eigenvalue weighted by Crippen LogP contribution is -2.10. The van der Waals surface area contributed by atoms with Crippen molar-refractivity contribution in [3.8, 4) is 28.2 Å². The van der Waals surface area contributed by atoms with Crippen molar-refractivity contribution in [2.24, 2.45) is 0 Å². The second-order valence-corrected chi connectivity index (χ2v) is 13.3.